The fourth-order valence-electron chi connectivity index (χ4n) is 4.35. The van der Waals surface area contributed by atoms with Crippen LogP contribution in [0.4, 0.5) is 4.39 Å². The predicted octanol–water partition coefficient (Wildman–Crippen LogP) is 1.74. The van der Waals surface area contributed by atoms with Crippen LogP contribution in [0.15, 0.2) is 24.3 Å². The van der Waals surface area contributed by atoms with Gasteiger partial charge < -0.3 is 9.64 Å². The Kier molecular flexibility index (Phi) is 7.65. The van der Waals surface area contributed by atoms with E-state index in [1.807, 2.05) is 6.07 Å². The molecule has 1 atom stereocenters. The molecule has 2 saturated heterocycles. The minimum Gasteiger partial charge on any atom is -0.383 e. The lowest BCUT2D eigenvalue weighted by molar-refractivity contribution is -0.135. The SMILES string of the molecule is COCCN(C(=O)CN1CCC(Cc2cccc(F)c2)CC1)C1CCS(=O)(=O)C1. The van der Waals surface area contributed by atoms with E-state index >= 15 is 0 Å². The third kappa shape index (κ3) is 6.49. The highest BCUT2D eigenvalue weighted by Crippen LogP contribution is 2.23. The zero-order valence-electron chi connectivity index (χ0n) is 17.1. The molecule has 0 radical (unpaired) electrons. The molecular formula is C21H31FN2O4S. The Hall–Kier alpha value is -1.51. The topological polar surface area (TPSA) is 66.9 Å². The first-order chi connectivity index (χ1) is 13.9. The first kappa shape index (κ1) is 22.2. The van der Waals surface area contributed by atoms with E-state index in [9.17, 15) is 17.6 Å². The lowest BCUT2D eigenvalue weighted by Gasteiger charge is -2.34. The molecule has 0 saturated carbocycles. The fourth-order valence-corrected chi connectivity index (χ4v) is 6.08. The van der Waals surface area contributed by atoms with Crippen LogP contribution in [0.1, 0.15) is 24.8 Å². The largest absolute Gasteiger partial charge is 0.383 e. The molecule has 162 valence electrons. The van der Waals surface area contributed by atoms with Gasteiger partial charge in [-0.15, -0.1) is 0 Å². The molecule has 2 fully saturated rings. The van der Waals surface area contributed by atoms with Crippen molar-refractivity contribution in [1.29, 1.82) is 0 Å². The molecule has 2 aliphatic heterocycles. The number of amides is 1. The highest BCUT2D eigenvalue weighted by Gasteiger charge is 2.35. The Labute approximate surface area is 172 Å². The number of carbonyl (C=O) groups excluding carboxylic acids is 1. The van der Waals surface area contributed by atoms with Crippen LogP contribution in [0.25, 0.3) is 0 Å². The van der Waals surface area contributed by atoms with Gasteiger partial charge in [-0.05, 0) is 62.4 Å². The van der Waals surface area contributed by atoms with Gasteiger partial charge in [0, 0.05) is 19.7 Å². The summed E-state index contributed by atoms with van der Waals surface area (Å²) in [4.78, 5) is 16.8. The molecule has 0 N–H and O–H groups in total. The van der Waals surface area contributed by atoms with Crippen LogP contribution in [0.5, 0.6) is 0 Å². The van der Waals surface area contributed by atoms with Crippen LogP contribution < -0.4 is 0 Å². The zero-order valence-corrected chi connectivity index (χ0v) is 17.9. The molecule has 8 heteroatoms. The summed E-state index contributed by atoms with van der Waals surface area (Å²) in [6.07, 6.45) is 3.31. The van der Waals surface area contributed by atoms with Gasteiger partial charge in [0.25, 0.3) is 0 Å². The first-order valence-corrected chi connectivity index (χ1v) is 12.1. The summed E-state index contributed by atoms with van der Waals surface area (Å²) in [5, 5.41) is 0. The Bertz CT molecular complexity index is 794. The summed E-state index contributed by atoms with van der Waals surface area (Å²) < 4.78 is 42.2. The third-order valence-corrected chi connectivity index (χ3v) is 7.74. The average molecular weight is 427 g/mol. The molecule has 0 spiro atoms. The van der Waals surface area contributed by atoms with E-state index in [-0.39, 0.29) is 29.3 Å². The quantitative estimate of drug-likeness (QED) is 0.634. The van der Waals surface area contributed by atoms with Gasteiger partial charge in [0.15, 0.2) is 9.84 Å². The second-order valence-electron chi connectivity index (χ2n) is 8.19. The Balaban J connectivity index is 1.50. The van der Waals surface area contributed by atoms with Crippen LogP contribution in [0.2, 0.25) is 0 Å². The van der Waals surface area contributed by atoms with Gasteiger partial charge in [-0.25, -0.2) is 12.8 Å². The van der Waals surface area contributed by atoms with Crippen LogP contribution in [0, 0.1) is 11.7 Å². The molecule has 0 aliphatic carbocycles. The Morgan fingerprint density at radius 2 is 2.03 bits per heavy atom. The molecule has 0 aromatic heterocycles. The van der Waals surface area contributed by atoms with E-state index in [2.05, 4.69) is 4.90 Å². The van der Waals surface area contributed by atoms with E-state index < -0.39 is 9.84 Å². The lowest BCUT2D eigenvalue weighted by atomic mass is 9.90. The number of methoxy groups -OCH3 is 1. The standard InChI is InChI=1S/C21H31FN2O4S/c1-28-11-10-24(20-7-12-29(26,27)16-20)21(25)15-23-8-5-17(6-9-23)13-18-3-2-4-19(22)14-18/h2-4,14,17,20H,5-13,15-16H2,1H3. The average Bonchev–Trinajstić information content (AvgIpc) is 3.03. The number of piperidine rings is 1. The van der Waals surface area contributed by atoms with Crippen LogP contribution in [0.3, 0.4) is 0 Å². The molecule has 1 aromatic carbocycles. The van der Waals surface area contributed by atoms with Gasteiger partial charge in [0.1, 0.15) is 5.82 Å². The molecule has 1 aromatic rings. The number of likely N-dealkylation sites (tertiary alicyclic amines) is 1. The normalized spacial score (nSPS) is 22.6. The fraction of sp³-hybridized carbons (Fsp3) is 0.667. The number of hydrogen-bond acceptors (Lipinski definition) is 5. The van der Waals surface area contributed by atoms with Crippen molar-refractivity contribution >= 4 is 15.7 Å². The maximum Gasteiger partial charge on any atom is 0.237 e. The monoisotopic (exact) mass is 426 g/mol. The second kappa shape index (κ2) is 10.00. The van der Waals surface area contributed by atoms with Gasteiger partial charge in [-0.3, -0.25) is 9.69 Å². The van der Waals surface area contributed by atoms with Gasteiger partial charge in [-0.2, -0.15) is 0 Å². The predicted molar refractivity (Wildman–Crippen MR) is 110 cm³/mol. The van der Waals surface area contributed by atoms with Crippen molar-refractivity contribution in [3.63, 3.8) is 0 Å². The molecule has 0 bridgehead atoms. The summed E-state index contributed by atoms with van der Waals surface area (Å²) >= 11 is 0. The smallest absolute Gasteiger partial charge is 0.237 e. The number of ether oxygens (including phenoxy) is 1. The summed E-state index contributed by atoms with van der Waals surface area (Å²) in [7, 11) is -1.47. The maximum absolute atomic E-state index is 13.4. The molecule has 2 aliphatic rings. The molecule has 6 nitrogen and oxygen atoms in total. The van der Waals surface area contributed by atoms with E-state index in [4.69, 9.17) is 4.74 Å². The molecule has 2 heterocycles. The number of carbonyl (C=O) groups is 1. The van der Waals surface area contributed by atoms with Crippen molar-refractivity contribution in [2.75, 3.05) is 51.4 Å². The summed E-state index contributed by atoms with van der Waals surface area (Å²) in [6, 6.07) is 6.52. The van der Waals surface area contributed by atoms with Gasteiger partial charge in [-0.1, -0.05) is 12.1 Å². The highest BCUT2D eigenvalue weighted by molar-refractivity contribution is 7.91. The first-order valence-electron chi connectivity index (χ1n) is 10.3. The second-order valence-corrected chi connectivity index (χ2v) is 10.4. The Morgan fingerprint density at radius 3 is 2.66 bits per heavy atom. The van der Waals surface area contributed by atoms with E-state index in [1.165, 1.54) is 6.07 Å². The van der Waals surface area contributed by atoms with Gasteiger partial charge >= 0.3 is 0 Å². The number of sulfone groups is 1. The van der Waals surface area contributed by atoms with Crippen molar-refractivity contribution in [3.8, 4) is 0 Å². The summed E-state index contributed by atoms with van der Waals surface area (Å²) in [5.41, 5.74) is 1.02. The van der Waals surface area contributed by atoms with Crippen LogP contribution in [-0.4, -0.2) is 81.6 Å². The zero-order chi connectivity index (χ0) is 20.9. The van der Waals surface area contributed by atoms with Crippen molar-refractivity contribution in [1.82, 2.24) is 9.80 Å². The Morgan fingerprint density at radius 1 is 1.28 bits per heavy atom. The van der Waals surface area contributed by atoms with Crippen molar-refractivity contribution in [2.45, 2.75) is 31.7 Å². The minimum absolute atomic E-state index is 0.0206. The highest BCUT2D eigenvalue weighted by atomic mass is 32.2. The van der Waals surface area contributed by atoms with Crippen molar-refractivity contribution in [3.05, 3.63) is 35.6 Å². The molecule has 1 amide bonds. The minimum atomic E-state index is -3.05. The number of nitrogens with zero attached hydrogens (tertiary/aromatic N) is 2. The van der Waals surface area contributed by atoms with Crippen molar-refractivity contribution < 1.29 is 22.3 Å². The molecule has 29 heavy (non-hydrogen) atoms. The summed E-state index contributed by atoms with van der Waals surface area (Å²) in [6.45, 7) is 2.79. The van der Waals surface area contributed by atoms with Gasteiger partial charge in [0.05, 0.1) is 24.7 Å². The van der Waals surface area contributed by atoms with E-state index in [1.54, 1.807) is 24.1 Å². The molecular weight excluding hydrogens is 395 g/mol. The number of halogens is 1. The van der Waals surface area contributed by atoms with Crippen LogP contribution in [-0.2, 0) is 25.8 Å². The van der Waals surface area contributed by atoms with Crippen molar-refractivity contribution in [2.24, 2.45) is 5.92 Å². The lowest BCUT2D eigenvalue weighted by Crippen LogP contribution is -2.49. The third-order valence-electron chi connectivity index (χ3n) is 5.99. The molecule has 1 unspecified atom stereocenters. The van der Waals surface area contributed by atoms with E-state index in [0.717, 1.165) is 37.9 Å². The number of rotatable bonds is 8. The molecule has 3 rings (SSSR count). The van der Waals surface area contributed by atoms with Gasteiger partial charge in [0.2, 0.25) is 5.91 Å². The maximum atomic E-state index is 13.4. The van der Waals surface area contributed by atoms with Crippen LogP contribution >= 0.6 is 0 Å². The number of hydrogen-bond donors (Lipinski definition) is 0. The van der Waals surface area contributed by atoms with E-state index in [0.29, 0.717) is 32.0 Å². The summed E-state index contributed by atoms with van der Waals surface area (Å²) in [5.74, 6) is 0.481. The number of benzene rings is 1.